The minimum Gasteiger partial charge on any atom is -0.389 e. The lowest BCUT2D eigenvalue weighted by Crippen LogP contribution is -2.54. The number of ketones is 1. The highest BCUT2D eigenvalue weighted by Gasteiger charge is 2.29. The second kappa shape index (κ2) is 12.1. The molecule has 0 saturated carbocycles. The second-order valence-electron chi connectivity index (χ2n) is 8.68. The van der Waals surface area contributed by atoms with E-state index in [2.05, 4.69) is 15.6 Å². The van der Waals surface area contributed by atoms with Gasteiger partial charge in [-0.1, -0.05) is 68.8 Å². The van der Waals surface area contributed by atoms with Gasteiger partial charge in [0, 0.05) is 17.1 Å². The van der Waals surface area contributed by atoms with Crippen LogP contribution < -0.4 is 10.6 Å². The van der Waals surface area contributed by atoms with Gasteiger partial charge in [0.05, 0.1) is 12.5 Å². The Kier molecular flexibility index (Phi) is 8.99. The number of rotatable bonds is 12. The van der Waals surface area contributed by atoms with E-state index < -0.39 is 30.4 Å². The Labute approximate surface area is 200 Å². The highest BCUT2D eigenvalue weighted by Crippen LogP contribution is 2.18. The molecule has 7 nitrogen and oxygen atoms in total. The van der Waals surface area contributed by atoms with Crippen molar-refractivity contribution in [3.63, 3.8) is 0 Å². The van der Waals surface area contributed by atoms with Crippen LogP contribution in [0.1, 0.15) is 37.8 Å². The van der Waals surface area contributed by atoms with Gasteiger partial charge in [0.15, 0.2) is 5.78 Å². The third kappa shape index (κ3) is 6.54. The van der Waals surface area contributed by atoms with E-state index in [9.17, 15) is 19.5 Å². The number of carbonyl (C=O) groups is 3. The Hall–Kier alpha value is -3.45. The maximum atomic E-state index is 13.2. The van der Waals surface area contributed by atoms with E-state index in [1.54, 1.807) is 0 Å². The third-order valence-electron chi connectivity index (χ3n) is 6.26. The molecule has 2 aromatic carbocycles. The lowest BCUT2D eigenvalue weighted by atomic mass is 9.96. The molecule has 2 amide bonds. The molecular weight excluding hydrogens is 430 g/mol. The molecular formula is C27H33N3O4. The quantitative estimate of drug-likeness (QED) is 0.331. The Morgan fingerprint density at radius 1 is 1.00 bits per heavy atom. The van der Waals surface area contributed by atoms with Crippen molar-refractivity contribution < 1.29 is 19.5 Å². The second-order valence-corrected chi connectivity index (χ2v) is 8.68. The maximum Gasteiger partial charge on any atom is 0.243 e. The average Bonchev–Trinajstić information content (AvgIpc) is 3.27. The van der Waals surface area contributed by atoms with Gasteiger partial charge in [0.1, 0.15) is 12.6 Å². The normalized spacial score (nSPS) is 13.7. The number of hydrogen-bond acceptors (Lipinski definition) is 4. The fourth-order valence-electron chi connectivity index (χ4n) is 4.02. The number of aryl methyl sites for hydroxylation is 1. The van der Waals surface area contributed by atoms with E-state index in [4.69, 9.17) is 0 Å². The van der Waals surface area contributed by atoms with Crippen LogP contribution in [0.2, 0.25) is 0 Å². The van der Waals surface area contributed by atoms with Crippen molar-refractivity contribution in [2.75, 3.05) is 6.61 Å². The van der Waals surface area contributed by atoms with Crippen LogP contribution in [-0.2, 0) is 27.2 Å². The van der Waals surface area contributed by atoms with Crippen LogP contribution in [0.15, 0.2) is 60.8 Å². The van der Waals surface area contributed by atoms with E-state index in [0.717, 1.165) is 22.0 Å². The van der Waals surface area contributed by atoms with Gasteiger partial charge in [0.2, 0.25) is 11.8 Å². The third-order valence-corrected chi connectivity index (χ3v) is 6.26. The summed E-state index contributed by atoms with van der Waals surface area (Å²) in [6.07, 6.45) is 3.57. The summed E-state index contributed by atoms with van der Waals surface area (Å²) in [5.41, 5.74) is 2.84. The van der Waals surface area contributed by atoms with Gasteiger partial charge in [-0.15, -0.1) is 0 Å². The number of para-hydroxylation sites is 1. The van der Waals surface area contributed by atoms with Crippen LogP contribution in [0.3, 0.4) is 0 Å². The molecule has 0 bridgehead atoms. The molecule has 0 radical (unpaired) electrons. The number of aliphatic hydroxyl groups is 1. The fraction of sp³-hybridized carbons (Fsp3) is 0.370. The van der Waals surface area contributed by atoms with Gasteiger partial charge >= 0.3 is 0 Å². The summed E-state index contributed by atoms with van der Waals surface area (Å²) in [6.45, 7) is 3.19. The van der Waals surface area contributed by atoms with Gasteiger partial charge in [-0.2, -0.15) is 0 Å². The van der Waals surface area contributed by atoms with Crippen LogP contribution >= 0.6 is 0 Å². The summed E-state index contributed by atoms with van der Waals surface area (Å²) in [7, 11) is 0. The number of fused-ring (bicyclic) bond motifs is 1. The first-order chi connectivity index (χ1) is 16.4. The molecule has 34 heavy (non-hydrogen) atoms. The average molecular weight is 464 g/mol. The van der Waals surface area contributed by atoms with Gasteiger partial charge in [-0.25, -0.2) is 0 Å². The molecule has 0 spiro atoms. The zero-order valence-corrected chi connectivity index (χ0v) is 19.7. The van der Waals surface area contributed by atoms with E-state index in [1.165, 1.54) is 0 Å². The first-order valence-corrected chi connectivity index (χ1v) is 11.7. The standard InChI is InChI=1S/C27H33N3O4/c1-3-18(2)26(30-25(33)15-20-16-28-22-12-8-7-11-21(20)22)27(34)29-23(24(32)17-31)14-13-19-9-5-4-6-10-19/h4-12,16,18,23,26,28,31H,3,13-15,17H2,1-2H3,(H,29,34)(H,30,33)/t18?,23-,26-/m0/s1. The molecule has 1 unspecified atom stereocenters. The number of carbonyl (C=O) groups excluding carboxylic acids is 3. The zero-order chi connectivity index (χ0) is 24.5. The first kappa shape index (κ1) is 25.2. The SMILES string of the molecule is CCC(C)[C@H](NC(=O)Cc1c[nH]c2ccccc12)C(=O)N[C@@H](CCc1ccccc1)C(=O)CO. The van der Waals surface area contributed by atoms with E-state index in [1.807, 2.05) is 74.6 Å². The van der Waals surface area contributed by atoms with Gasteiger partial charge < -0.3 is 20.7 Å². The Morgan fingerprint density at radius 3 is 2.41 bits per heavy atom. The molecule has 1 heterocycles. The number of aromatic nitrogens is 1. The van der Waals surface area contributed by atoms with Crippen molar-refractivity contribution in [1.29, 1.82) is 0 Å². The summed E-state index contributed by atoms with van der Waals surface area (Å²) >= 11 is 0. The van der Waals surface area contributed by atoms with Gasteiger partial charge in [0.25, 0.3) is 0 Å². The Morgan fingerprint density at radius 2 is 1.71 bits per heavy atom. The Bertz CT molecular complexity index is 1110. The number of amides is 2. The summed E-state index contributed by atoms with van der Waals surface area (Å²) in [5.74, 6) is -1.26. The molecule has 4 N–H and O–H groups in total. The monoisotopic (exact) mass is 463 g/mol. The summed E-state index contributed by atoms with van der Waals surface area (Å²) in [6, 6.07) is 15.8. The predicted octanol–water partition coefficient (Wildman–Crippen LogP) is 2.92. The summed E-state index contributed by atoms with van der Waals surface area (Å²) < 4.78 is 0. The number of hydrogen-bond donors (Lipinski definition) is 4. The number of H-pyrrole nitrogens is 1. The molecule has 1 aromatic heterocycles. The van der Waals surface area contributed by atoms with Gasteiger partial charge in [-0.3, -0.25) is 14.4 Å². The van der Waals surface area contributed by atoms with Gasteiger partial charge in [-0.05, 0) is 36.0 Å². The fourth-order valence-corrected chi connectivity index (χ4v) is 4.02. The molecule has 0 fully saturated rings. The summed E-state index contributed by atoms with van der Waals surface area (Å²) in [4.78, 5) is 41.5. The van der Waals surface area contributed by atoms with Crippen LogP contribution in [-0.4, -0.2) is 46.4 Å². The van der Waals surface area contributed by atoms with E-state index >= 15 is 0 Å². The number of benzene rings is 2. The number of aliphatic hydroxyl groups excluding tert-OH is 1. The van der Waals surface area contributed by atoms with Crippen LogP contribution in [0.5, 0.6) is 0 Å². The number of nitrogens with one attached hydrogen (secondary N) is 3. The molecule has 3 aromatic rings. The lowest BCUT2D eigenvalue weighted by molar-refractivity contribution is -0.133. The lowest BCUT2D eigenvalue weighted by Gasteiger charge is -2.26. The van der Waals surface area contributed by atoms with E-state index in [0.29, 0.717) is 19.3 Å². The van der Waals surface area contributed by atoms with Crippen LogP contribution in [0, 0.1) is 5.92 Å². The summed E-state index contributed by atoms with van der Waals surface area (Å²) in [5, 5.41) is 16.0. The Balaban J connectivity index is 1.67. The molecule has 0 aliphatic carbocycles. The zero-order valence-electron chi connectivity index (χ0n) is 19.7. The molecule has 7 heteroatoms. The molecule has 180 valence electrons. The molecule has 0 aliphatic rings. The van der Waals surface area contributed by atoms with Crippen molar-refractivity contribution in [1.82, 2.24) is 15.6 Å². The number of Topliss-reactive ketones (excluding diaryl/α,β-unsaturated/α-hetero) is 1. The maximum absolute atomic E-state index is 13.2. The molecule has 0 saturated heterocycles. The van der Waals surface area contributed by atoms with Crippen molar-refractivity contribution in [2.45, 2.75) is 51.6 Å². The first-order valence-electron chi connectivity index (χ1n) is 11.7. The highest BCUT2D eigenvalue weighted by atomic mass is 16.3. The van der Waals surface area contributed by atoms with Crippen molar-refractivity contribution >= 4 is 28.5 Å². The van der Waals surface area contributed by atoms with Crippen molar-refractivity contribution in [3.05, 3.63) is 71.9 Å². The van der Waals surface area contributed by atoms with Crippen LogP contribution in [0.25, 0.3) is 10.9 Å². The topological polar surface area (TPSA) is 111 Å². The number of aromatic amines is 1. The highest BCUT2D eigenvalue weighted by molar-refractivity contribution is 5.94. The minimum atomic E-state index is -0.824. The van der Waals surface area contributed by atoms with Crippen LogP contribution in [0.4, 0.5) is 0 Å². The molecule has 0 aliphatic heterocycles. The molecule has 3 atom stereocenters. The molecule has 3 rings (SSSR count). The van der Waals surface area contributed by atoms with E-state index in [-0.39, 0.29) is 18.2 Å². The predicted molar refractivity (Wildman–Crippen MR) is 132 cm³/mol. The minimum absolute atomic E-state index is 0.133. The van der Waals surface area contributed by atoms with Crippen molar-refractivity contribution in [3.8, 4) is 0 Å². The largest absolute Gasteiger partial charge is 0.389 e. The smallest absolute Gasteiger partial charge is 0.243 e. The van der Waals surface area contributed by atoms with Crippen molar-refractivity contribution in [2.24, 2.45) is 5.92 Å².